The van der Waals surface area contributed by atoms with E-state index in [-0.39, 0.29) is 11.8 Å². The molecule has 1 aromatic carbocycles. The second-order valence-corrected chi connectivity index (χ2v) is 5.89. The highest BCUT2D eigenvalue weighted by molar-refractivity contribution is 5.94. The van der Waals surface area contributed by atoms with Gasteiger partial charge >= 0.3 is 0 Å². The molecule has 126 valence electrons. The Morgan fingerprint density at radius 2 is 1.92 bits per heavy atom. The predicted molar refractivity (Wildman–Crippen MR) is 95.4 cm³/mol. The van der Waals surface area contributed by atoms with Crippen molar-refractivity contribution >= 4 is 17.3 Å². The SMILES string of the molecule is CCOc1ccccc1NC(=O)C1CCN(c2ccncc2)CC1. The van der Waals surface area contributed by atoms with Crippen LogP contribution in [0.5, 0.6) is 5.75 Å². The van der Waals surface area contributed by atoms with Crippen LogP contribution in [0.4, 0.5) is 11.4 Å². The molecule has 5 nitrogen and oxygen atoms in total. The largest absolute Gasteiger partial charge is 0.492 e. The quantitative estimate of drug-likeness (QED) is 0.916. The molecule has 2 heterocycles. The minimum absolute atomic E-state index is 0.0396. The third-order valence-corrected chi connectivity index (χ3v) is 4.34. The highest BCUT2D eigenvalue weighted by Gasteiger charge is 2.25. The summed E-state index contributed by atoms with van der Waals surface area (Å²) in [5.41, 5.74) is 1.92. The highest BCUT2D eigenvalue weighted by atomic mass is 16.5. The lowest BCUT2D eigenvalue weighted by atomic mass is 9.95. The number of hydrogen-bond acceptors (Lipinski definition) is 4. The molecule has 1 fully saturated rings. The van der Waals surface area contributed by atoms with E-state index >= 15 is 0 Å². The molecule has 1 aliphatic heterocycles. The van der Waals surface area contributed by atoms with Crippen molar-refractivity contribution in [3.8, 4) is 5.75 Å². The predicted octanol–water partition coefficient (Wildman–Crippen LogP) is 3.34. The van der Waals surface area contributed by atoms with Crippen molar-refractivity contribution in [2.75, 3.05) is 29.9 Å². The Morgan fingerprint density at radius 3 is 2.62 bits per heavy atom. The van der Waals surface area contributed by atoms with Crippen LogP contribution in [0.2, 0.25) is 0 Å². The van der Waals surface area contributed by atoms with E-state index in [1.54, 1.807) is 12.4 Å². The van der Waals surface area contributed by atoms with E-state index in [2.05, 4.69) is 15.2 Å². The van der Waals surface area contributed by atoms with Gasteiger partial charge in [0.2, 0.25) is 5.91 Å². The first-order valence-electron chi connectivity index (χ1n) is 8.45. The van der Waals surface area contributed by atoms with Crippen LogP contribution >= 0.6 is 0 Å². The van der Waals surface area contributed by atoms with Gasteiger partial charge in [-0.15, -0.1) is 0 Å². The second-order valence-electron chi connectivity index (χ2n) is 5.89. The van der Waals surface area contributed by atoms with Crippen molar-refractivity contribution in [1.82, 2.24) is 4.98 Å². The van der Waals surface area contributed by atoms with Gasteiger partial charge < -0.3 is 15.0 Å². The number of nitrogens with zero attached hydrogens (tertiary/aromatic N) is 2. The van der Waals surface area contributed by atoms with Crippen LogP contribution in [0.3, 0.4) is 0 Å². The number of para-hydroxylation sites is 2. The van der Waals surface area contributed by atoms with Gasteiger partial charge in [-0.1, -0.05) is 12.1 Å². The molecule has 2 aromatic rings. The van der Waals surface area contributed by atoms with E-state index in [1.807, 2.05) is 43.3 Å². The second kappa shape index (κ2) is 7.81. The lowest BCUT2D eigenvalue weighted by molar-refractivity contribution is -0.120. The van der Waals surface area contributed by atoms with Crippen molar-refractivity contribution in [2.45, 2.75) is 19.8 Å². The number of hydrogen-bond donors (Lipinski definition) is 1. The fourth-order valence-corrected chi connectivity index (χ4v) is 3.04. The van der Waals surface area contributed by atoms with Crippen LogP contribution in [0.25, 0.3) is 0 Å². The van der Waals surface area contributed by atoms with Gasteiger partial charge in [0.25, 0.3) is 0 Å². The molecule has 0 bridgehead atoms. The molecule has 0 radical (unpaired) electrons. The first-order chi connectivity index (χ1) is 11.8. The number of aromatic nitrogens is 1. The number of nitrogens with one attached hydrogen (secondary N) is 1. The molecule has 24 heavy (non-hydrogen) atoms. The first-order valence-corrected chi connectivity index (χ1v) is 8.45. The number of pyridine rings is 1. The van der Waals surface area contributed by atoms with Crippen molar-refractivity contribution < 1.29 is 9.53 Å². The van der Waals surface area contributed by atoms with Gasteiger partial charge in [-0.2, -0.15) is 0 Å². The van der Waals surface area contributed by atoms with Crippen LogP contribution in [0, 0.1) is 5.92 Å². The summed E-state index contributed by atoms with van der Waals surface area (Å²) in [6.07, 6.45) is 5.31. The van der Waals surface area contributed by atoms with Crippen molar-refractivity contribution in [1.29, 1.82) is 0 Å². The van der Waals surface area contributed by atoms with Crippen LogP contribution in [0.1, 0.15) is 19.8 Å². The molecule has 3 rings (SSSR count). The zero-order valence-electron chi connectivity index (χ0n) is 13.9. The average Bonchev–Trinajstić information content (AvgIpc) is 2.64. The summed E-state index contributed by atoms with van der Waals surface area (Å²) in [6.45, 7) is 4.29. The maximum Gasteiger partial charge on any atom is 0.227 e. The van der Waals surface area contributed by atoms with E-state index in [0.29, 0.717) is 6.61 Å². The zero-order valence-corrected chi connectivity index (χ0v) is 13.9. The maximum absolute atomic E-state index is 12.6. The molecule has 1 aromatic heterocycles. The summed E-state index contributed by atoms with van der Waals surface area (Å²) in [5.74, 6) is 0.844. The Morgan fingerprint density at radius 1 is 1.21 bits per heavy atom. The topological polar surface area (TPSA) is 54.5 Å². The van der Waals surface area contributed by atoms with E-state index in [1.165, 1.54) is 5.69 Å². The molecule has 0 saturated carbocycles. The molecule has 0 unspecified atom stereocenters. The number of carbonyl (C=O) groups is 1. The molecular weight excluding hydrogens is 302 g/mol. The lowest BCUT2D eigenvalue weighted by Gasteiger charge is -2.33. The van der Waals surface area contributed by atoms with Gasteiger partial charge in [-0.05, 0) is 44.0 Å². The summed E-state index contributed by atoms with van der Waals surface area (Å²) in [5, 5.41) is 3.03. The van der Waals surface area contributed by atoms with Crippen molar-refractivity contribution in [3.05, 3.63) is 48.8 Å². The van der Waals surface area contributed by atoms with Gasteiger partial charge in [-0.25, -0.2) is 0 Å². The standard InChI is InChI=1S/C19H23N3O2/c1-2-24-18-6-4-3-5-17(18)21-19(23)15-9-13-22(14-10-15)16-7-11-20-12-8-16/h3-8,11-12,15H,2,9-10,13-14H2,1H3,(H,21,23). The number of rotatable bonds is 5. The number of piperidine rings is 1. The summed E-state index contributed by atoms with van der Waals surface area (Å²) in [6, 6.07) is 11.6. The van der Waals surface area contributed by atoms with Crippen LogP contribution in [0.15, 0.2) is 48.8 Å². The molecule has 1 N–H and O–H groups in total. The van der Waals surface area contributed by atoms with E-state index in [9.17, 15) is 4.79 Å². The van der Waals surface area contributed by atoms with Gasteiger partial charge in [0, 0.05) is 37.1 Å². The normalized spacial score (nSPS) is 15.1. The minimum atomic E-state index is 0.0396. The fourth-order valence-electron chi connectivity index (χ4n) is 3.04. The number of ether oxygens (including phenoxy) is 1. The molecular formula is C19H23N3O2. The molecule has 5 heteroatoms. The van der Waals surface area contributed by atoms with Gasteiger partial charge in [0.05, 0.1) is 12.3 Å². The summed E-state index contributed by atoms with van der Waals surface area (Å²) in [4.78, 5) is 18.9. The van der Waals surface area contributed by atoms with Gasteiger partial charge in [0.15, 0.2) is 0 Å². The molecule has 1 saturated heterocycles. The van der Waals surface area contributed by atoms with E-state index < -0.39 is 0 Å². The zero-order chi connectivity index (χ0) is 16.8. The molecule has 0 spiro atoms. The lowest BCUT2D eigenvalue weighted by Crippen LogP contribution is -2.38. The summed E-state index contributed by atoms with van der Waals surface area (Å²) < 4.78 is 5.57. The Balaban J connectivity index is 1.58. The van der Waals surface area contributed by atoms with Gasteiger partial charge in [-0.3, -0.25) is 9.78 Å². The van der Waals surface area contributed by atoms with Crippen LogP contribution in [-0.4, -0.2) is 30.6 Å². The number of benzene rings is 1. The van der Waals surface area contributed by atoms with E-state index in [4.69, 9.17) is 4.74 Å². The summed E-state index contributed by atoms with van der Waals surface area (Å²) >= 11 is 0. The van der Waals surface area contributed by atoms with Crippen molar-refractivity contribution in [3.63, 3.8) is 0 Å². The third-order valence-electron chi connectivity index (χ3n) is 4.34. The van der Waals surface area contributed by atoms with Gasteiger partial charge in [0.1, 0.15) is 5.75 Å². The Labute approximate surface area is 142 Å². The smallest absolute Gasteiger partial charge is 0.227 e. The Hall–Kier alpha value is -2.56. The monoisotopic (exact) mass is 325 g/mol. The fraction of sp³-hybridized carbons (Fsp3) is 0.368. The summed E-state index contributed by atoms with van der Waals surface area (Å²) in [7, 11) is 0. The Kier molecular flexibility index (Phi) is 5.31. The maximum atomic E-state index is 12.6. The molecule has 0 atom stereocenters. The number of amides is 1. The first kappa shape index (κ1) is 16.3. The minimum Gasteiger partial charge on any atom is -0.492 e. The van der Waals surface area contributed by atoms with E-state index in [0.717, 1.165) is 37.4 Å². The van der Waals surface area contributed by atoms with Crippen molar-refractivity contribution in [2.24, 2.45) is 5.92 Å². The third kappa shape index (κ3) is 3.85. The highest BCUT2D eigenvalue weighted by Crippen LogP contribution is 2.27. The molecule has 0 aliphatic carbocycles. The Bertz CT molecular complexity index is 667. The average molecular weight is 325 g/mol. The number of anilines is 2. The molecule has 1 amide bonds. The van der Waals surface area contributed by atoms with Crippen LogP contribution in [-0.2, 0) is 4.79 Å². The molecule has 1 aliphatic rings. The number of carbonyl (C=O) groups excluding carboxylic acids is 1. The van der Waals surface area contributed by atoms with Crippen LogP contribution < -0.4 is 15.0 Å².